The molecule has 0 aliphatic heterocycles. The highest BCUT2D eigenvalue weighted by atomic mass is 32.1. The van der Waals surface area contributed by atoms with Crippen LogP contribution in [-0.2, 0) is 22.4 Å². The van der Waals surface area contributed by atoms with Crippen molar-refractivity contribution in [3.05, 3.63) is 27.4 Å². The van der Waals surface area contributed by atoms with E-state index in [2.05, 4.69) is 29.3 Å². The van der Waals surface area contributed by atoms with Crippen LogP contribution in [0.15, 0.2) is 15.7 Å². The molecule has 0 bridgehead atoms. The molecule has 2 N–H and O–H groups in total. The maximum atomic E-state index is 13.0. The number of carbonyl (C=O) groups excluding carboxylic acids is 1. The maximum absolute atomic E-state index is 13.0. The standard InChI is InChI=1S/C22H25N3O4S/c1-22(2)9-8-15-14(10-22)16(19-23-17(25-29-19)11-6-7-11)20(30-15)24-18(26)12-4-3-5-13(12)21(27)28/h11H,3-10H2,1-2H3,(H,24,26)(H,27,28). The molecule has 3 aliphatic carbocycles. The Labute approximate surface area is 178 Å². The zero-order valence-electron chi connectivity index (χ0n) is 17.2. The summed E-state index contributed by atoms with van der Waals surface area (Å²) in [6, 6.07) is 0. The summed E-state index contributed by atoms with van der Waals surface area (Å²) >= 11 is 1.56. The van der Waals surface area contributed by atoms with Gasteiger partial charge >= 0.3 is 5.97 Å². The summed E-state index contributed by atoms with van der Waals surface area (Å²) < 4.78 is 5.64. The van der Waals surface area contributed by atoms with Gasteiger partial charge in [0.25, 0.3) is 11.8 Å². The Morgan fingerprint density at radius 2 is 1.97 bits per heavy atom. The van der Waals surface area contributed by atoms with Crippen molar-refractivity contribution < 1.29 is 19.2 Å². The van der Waals surface area contributed by atoms with Crippen LogP contribution in [0.3, 0.4) is 0 Å². The first-order valence-corrected chi connectivity index (χ1v) is 11.4. The Morgan fingerprint density at radius 3 is 2.70 bits per heavy atom. The summed E-state index contributed by atoms with van der Waals surface area (Å²) in [4.78, 5) is 30.4. The van der Waals surface area contributed by atoms with Crippen LogP contribution < -0.4 is 5.32 Å². The molecule has 7 nitrogen and oxygen atoms in total. The van der Waals surface area contributed by atoms with E-state index in [1.165, 1.54) is 10.4 Å². The Bertz CT molecular complexity index is 1070. The number of carboxylic acids is 1. The van der Waals surface area contributed by atoms with Gasteiger partial charge in [0.1, 0.15) is 5.00 Å². The Kier molecular flexibility index (Phi) is 4.57. The molecule has 30 heavy (non-hydrogen) atoms. The average molecular weight is 428 g/mol. The Morgan fingerprint density at radius 1 is 1.20 bits per heavy atom. The van der Waals surface area contributed by atoms with Crippen molar-refractivity contribution in [2.75, 3.05) is 5.32 Å². The van der Waals surface area contributed by atoms with E-state index in [0.717, 1.165) is 43.5 Å². The minimum absolute atomic E-state index is 0.161. The largest absolute Gasteiger partial charge is 0.478 e. The second kappa shape index (κ2) is 7.04. The number of carboxylic acid groups (broad SMARTS) is 1. The first-order valence-electron chi connectivity index (χ1n) is 10.6. The number of aromatic nitrogens is 2. The molecule has 5 rings (SSSR count). The predicted molar refractivity (Wildman–Crippen MR) is 113 cm³/mol. The summed E-state index contributed by atoms with van der Waals surface area (Å²) in [6.45, 7) is 4.50. The fourth-order valence-corrected chi connectivity index (χ4v) is 5.69. The Hall–Kier alpha value is -2.48. The van der Waals surface area contributed by atoms with Crippen LogP contribution in [0.25, 0.3) is 11.5 Å². The lowest BCUT2D eigenvalue weighted by Crippen LogP contribution is -2.21. The summed E-state index contributed by atoms with van der Waals surface area (Å²) in [7, 11) is 0. The molecule has 2 aromatic heterocycles. The van der Waals surface area contributed by atoms with Gasteiger partial charge in [0.15, 0.2) is 5.82 Å². The van der Waals surface area contributed by atoms with E-state index in [4.69, 9.17) is 4.52 Å². The van der Waals surface area contributed by atoms with E-state index in [1.54, 1.807) is 11.3 Å². The minimum Gasteiger partial charge on any atom is -0.478 e. The number of nitrogens with zero attached hydrogens (tertiary/aromatic N) is 2. The second-order valence-electron chi connectivity index (χ2n) is 9.35. The van der Waals surface area contributed by atoms with E-state index < -0.39 is 5.97 Å². The smallest absolute Gasteiger partial charge is 0.332 e. The molecule has 158 valence electrons. The van der Waals surface area contributed by atoms with Crippen molar-refractivity contribution in [2.45, 2.75) is 71.1 Å². The number of aryl methyl sites for hydroxylation is 1. The monoisotopic (exact) mass is 427 g/mol. The van der Waals surface area contributed by atoms with Crippen molar-refractivity contribution in [3.63, 3.8) is 0 Å². The number of rotatable bonds is 5. The van der Waals surface area contributed by atoms with Crippen molar-refractivity contribution >= 4 is 28.2 Å². The Balaban J connectivity index is 1.54. The van der Waals surface area contributed by atoms with Gasteiger partial charge in [0.2, 0.25) is 0 Å². The molecule has 8 heteroatoms. The van der Waals surface area contributed by atoms with Crippen LogP contribution >= 0.6 is 11.3 Å². The van der Waals surface area contributed by atoms with Gasteiger partial charge < -0.3 is 14.9 Å². The highest BCUT2D eigenvalue weighted by Gasteiger charge is 2.35. The highest BCUT2D eigenvalue weighted by molar-refractivity contribution is 7.17. The number of nitrogens with one attached hydrogen (secondary N) is 1. The molecule has 3 aliphatic rings. The van der Waals surface area contributed by atoms with Crippen molar-refractivity contribution in [2.24, 2.45) is 5.41 Å². The normalized spacial score (nSPS) is 20.3. The van der Waals surface area contributed by atoms with E-state index in [-0.39, 0.29) is 16.9 Å². The zero-order valence-corrected chi connectivity index (χ0v) is 18.0. The van der Waals surface area contributed by atoms with E-state index in [0.29, 0.717) is 41.6 Å². The number of hydrogen-bond donors (Lipinski definition) is 2. The fraction of sp³-hybridized carbons (Fsp3) is 0.545. The van der Waals surface area contributed by atoms with Crippen LogP contribution in [0.2, 0.25) is 0 Å². The molecular weight excluding hydrogens is 402 g/mol. The fourth-order valence-electron chi connectivity index (χ4n) is 4.49. The maximum Gasteiger partial charge on any atom is 0.332 e. The summed E-state index contributed by atoms with van der Waals surface area (Å²) in [6.07, 6.45) is 6.71. The summed E-state index contributed by atoms with van der Waals surface area (Å²) in [5.74, 6) is 0.250. The molecule has 1 amide bonds. The number of amides is 1. The molecule has 0 aromatic carbocycles. The molecule has 0 spiro atoms. The number of anilines is 1. The molecule has 0 radical (unpaired) electrons. The van der Waals surface area contributed by atoms with Crippen LogP contribution in [0.4, 0.5) is 5.00 Å². The van der Waals surface area contributed by atoms with Crippen molar-refractivity contribution in [3.8, 4) is 11.5 Å². The topological polar surface area (TPSA) is 105 Å². The molecule has 2 heterocycles. The van der Waals surface area contributed by atoms with Crippen LogP contribution in [-0.4, -0.2) is 27.1 Å². The molecular formula is C22H25N3O4S. The number of aliphatic carboxylic acids is 1. The number of carbonyl (C=O) groups is 2. The molecule has 1 fully saturated rings. The number of fused-ring (bicyclic) bond motifs is 1. The van der Waals surface area contributed by atoms with Gasteiger partial charge in [-0.3, -0.25) is 4.79 Å². The van der Waals surface area contributed by atoms with Crippen LogP contribution in [0.5, 0.6) is 0 Å². The van der Waals surface area contributed by atoms with Gasteiger partial charge in [-0.05, 0) is 62.3 Å². The third-order valence-electron chi connectivity index (χ3n) is 6.35. The van der Waals surface area contributed by atoms with E-state index >= 15 is 0 Å². The molecule has 2 aromatic rings. The molecule has 0 atom stereocenters. The number of thiophene rings is 1. The van der Waals surface area contributed by atoms with E-state index in [9.17, 15) is 14.7 Å². The first kappa shape index (κ1) is 19.5. The van der Waals surface area contributed by atoms with Gasteiger partial charge in [-0.2, -0.15) is 4.98 Å². The minimum atomic E-state index is -1.00. The molecule has 0 unspecified atom stereocenters. The third kappa shape index (κ3) is 3.47. The SMILES string of the molecule is CC1(C)CCc2sc(NC(=O)C3=C(C(=O)O)CCC3)c(-c3nc(C4CC4)no3)c2C1. The lowest BCUT2D eigenvalue weighted by Gasteiger charge is -2.29. The highest BCUT2D eigenvalue weighted by Crippen LogP contribution is 2.48. The predicted octanol–water partition coefficient (Wildman–Crippen LogP) is 4.69. The van der Waals surface area contributed by atoms with Gasteiger partial charge in [0.05, 0.1) is 5.56 Å². The first-order chi connectivity index (χ1) is 14.3. The van der Waals surface area contributed by atoms with Gasteiger partial charge in [0, 0.05) is 21.9 Å². The second-order valence-corrected chi connectivity index (χ2v) is 10.5. The third-order valence-corrected chi connectivity index (χ3v) is 7.56. The quantitative estimate of drug-likeness (QED) is 0.717. The van der Waals surface area contributed by atoms with Gasteiger partial charge in [-0.25, -0.2) is 4.79 Å². The molecule has 1 saturated carbocycles. The lowest BCUT2D eigenvalue weighted by atomic mass is 9.76. The van der Waals surface area contributed by atoms with Crippen LogP contribution in [0.1, 0.15) is 74.6 Å². The lowest BCUT2D eigenvalue weighted by molar-refractivity contribution is -0.133. The summed E-state index contributed by atoms with van der Waals surface area (Å²) in [5, 5.41) is 17.3. The van der Waals surface area contributed by atoms with Crippen LogP contribution in [0, 0.1) is 5.41 Å². The zero-order chi connectivity index (χ0) is 21.0. The average Bonchev–Trinajstić information content (AvgIpc) is 3.10. The van der Waals surface area contributed by atoms with Crippen molar-refractivity contribution in [1.82, 2.24) is 10.1 Å². The van der Waals surface area contributed by atoms with Crippen molar-refractivity contribution in [1.29, 1.82) is 0 Å². The van der Waals surface area contributed by atoms with Gasteiger partial charge in [-0.15, -0.1) is 11.3 Å². The van der Waals surface area contributed by atoms with Gasteiger partial charge in [-0.1, -0.05) is 19.0 Å². The summed E-state index contributed by atoms with van der Waals surface area (Å²) in [5.41, 5.74) is 2.77. The van der Waals surface area contributed by atoms with E-state index in [1.807, 2.05) is 0 Å². The molecule has 0 saturated heterocycles. The number of hydrogen-bond acceptors (Lipinski definition) is 6.